The maximum Gasteiger partial charge on any atom is 0.164 e. The van der Waals surface area contributed by atoms with Crippen LogP contribution in [0.25, 0.3) is 80.5 Å². The summed E-state index contributed by atoms with van der Waals surface area (Å²) in [6, 6.07) is 56.4. The molecule has 0 N–H and O–H groups in total. The number of hydrogen-bond acceptors (Lipinski definition) is 6. The zero-order valence-electron chi connectivity index (χ0n) is 52.8. The van der Waals surface area contributed by atoms with Crippen molar-refractivity contribution < 1.29 is 0 Å². The number of halogens is 2. The Hall–Kier alpha value is -7.00. The summed E-state index contributed by atoms with van der Waals surface area (Å²) in [5.41, 5.74) is 16.3. The van der Waals surface area contributed by atoms with Crippen LogP contribution in [0.4, 0.5) is 0 Å². The molecule has 6 nitrogen and oxygen atoms in total. The van der Waals surface area contributed by atoms with Crippen LogP contribution in [0, 0.1) is 0 Å². The molecule has 0 saturated carbocycles. The van der Waals surface area contributed by atoms with Crippen LogP contribution in [0.2, 0.25) is 0 Å². The lowest BCUT2D eigenvalue weighted by atomic mass is 9.86. The standard InChI is InChI=1S/C78H86Br2N6/c1-75(2,3)63-43-35-57(36-44-63)71-81-69(82-72(85-71)58-37-45-64(46-38-58)76(4,5)6)55-31-27-53(28-32-55)23-19-15-13-17-21-25-61-51-68(80)62(52-67(61)79)26-22-18-14-16-20-24-54-29-33-56(34-30-54)70-83-73(59-39-47-65(48-40-59)77(7,8)9)86-74(84-70)60-41-49-66(50-42-60)78(10,11)12/h19-20,23-24,27-52H,13-18,21-22,25-26H2,1-12H3/b23-19+,24-20+. The van der Waals surface area contributed by atoms with Gasteiger partial charge in [0.25, 0.3) is 0 Å². The average Bonchev–Trinajstić information content (AvgIpc) is 3.32. The minimum atomic E-state index is 0.0613. The number of benzene rings is 7. The molecule has 0 radical (unpaired) electrons. The van der Waals surface area contributed by atoms with Crippen molar-refractivity contribution >= 4 is 44.0 Å². The number of unbranched alkanes of at least 4 members (excludes halogenated alkanes) is 6. The third kappa shape index (κ3) is 17.2. The number of rotatable bonds is 20. The van der Waals surface area contributed by atoms with Crippen molar-refractivity contribution in [2.45, 2.75) is 169 Å². The highest BCUT2D eigenvalue weighted by molar-refractivity contribution is 9.11. The molecule has 0 bridgehead atoms. The lowest BCUT2D eigenvalue weighted by molar-refractivity contribution is 0.590. The molecule has 0 aliphatic rings. The first-order chi connectivity index (χ1) is 40.9. The second-order valence-corrected chi connectivity index (χ2v) is 28.9. The molecule has 8 heteroatoms. The van der Waals surface area contributed by atoms with E-state index in [1.807, 2.05) is 0 Å². The summed E-state index contributed by atoms with van der Waals surface area (Å²) in [4.78, 5) is 30.1. The minimum Gasteiger partial charge on any atom is -0.208 e. The summed E-state index contributed by atoms with van der Waals surface area (Å²) >= 11 is 7.85. The minimum absolute atomic E-state index is 0.0613. The van der Waals surface area contributed by atoms with Gasteiger partial charge in [-0.15, -0.1) is 0 Å². The van der Waals surface area contributed by atoms with Crippen LogP contribution in [0.15, 0.2) is 179 Å². The molecule has 2 heterocycles. The van der Waals surface area contributed by atoms with Crippen LogP contribution in [0.3, 0.4) is 0 Å². The monoisotopic (exact) mass is 1260 g/mol. The summed E-state index contributed by atoms with van der Waals surface area (Å²) in [6.07, 6.45) is 20.3. The van der Waals surface area contributed by atoms with Crippen molar-refractivity contribution in [3.05, 3.63) is 223 Å². The Balaban J connectivity index is 0.720. The Labute approximate surface area is 531 Å². The number of aromatic nitrogens is 6. The van der Waals surface area contributed by atoms with Gasteiger partial charge in [-0.1, -0.05) is 298 Å². The predicted octanol–water partition coefficient (Wildman–Crippen LogP) is 22.4. The molecule has 0 amide bonds. The maximum absolute atomic E-state index is 5.02. The molecule has 0 fully saturated rings. The first kappa shape index (κ1) is 63.5. The van der Waals surface area contributed by atoms with Crippen molar-refractivity contribution in [3.63, 3.8) is 0 Å². The Morgan fingerprint density at radius 1 is 0.291 bits per heavy atom. The zero-order chi connectivity index (χ0) is 61.2. The van der Waals surface area contributed by atoms with Gasteiger partial charge in [0.15, 0.2) is 34.9 Å². The van der Waals surface area contributed by atoms with E-state index >= 15 is 0 Å². The van der Waals surface area contributed by atoms with Gasteiger partial charge in [0.2, 0.25) is 0 Å². The molecule has 9 aromatic rings. The fourth-order valence-corrected chi connectivity index (χ4v) is 11.6. The van der Waals surface area contributed by atoms with Gasteiger partial charge in [0, 0.05) is 42.3 Å². The van der Waals surface area contributed by atoms with Gasteiger partial charge in [-0.3, -0.25) is 0 Å². The highest BCUT2D eigenvalue weighted by Crippen LogP contribution is 2.34. The molecule has 0 saturated heterocycles. The van der Waals surface area contributed by atoms with Crippen LogP contribution < -0.4 is 0 Å². The zero-order valence-corrected chi connectivity index (χ0v) is 56.0. The second-order valence-electron chi connectivity index (χ2n) is 27.2. The van der Waals surface area contributed by atoms with Gasteiger partial charge in [-0.25, -0.2) is 29.9 Å². The van der Waals surface area contributed by atoms with Gasteiger partial charge >= 0.3 is 0 Å². The first-order valence-corrected chi connectivity index (χ1v) is 32.5. The summed E-state index contributed by atoms with van der Waals surface area (Å²) in [6.45, 7) is 26.8. The van der Waals surface area contributed by atoms with Crippen LogP contribution in [-0.2, 0) is 34.5 Å². The normalized spacial score (nSPS) is 12.4. The van der Waals surface area contributed by atoms with Crippen LogP contribution in [-0.4, -0.2) is 29.9 Å². The Bertz CT molecular complexity index is 3360. The Morgan fingerprint density at radius 3 is 0.733 bits per heavy atom. The lowest BCUT2D eigenvalue weighted by Gasteiger charge is -2.19. The number of nitrogens with zero attached hydrogens (tertiary/aromatic N) is 6. The number of aryl methyl sites for hydroxylation is 2. The third-order valence-corrected chi connectivity index (χ3v) is 17.6. The van der Waals surface area contributed by atoms with E-state index in [1.54, 1.807) is 0 Å². The third-order valence-electron chi connectivity index (χ3n) is 16.1. The van der Waals surface area contributed by atoms with Gasteiger partial charge in [-0.05, 0) is 130 Å². The highest BCUT2D eigenvalue weighted by atomic mass is 79.9. The van der Waals surface area contributed by atoms with Crippen molar-refractivity contribution in [2.24, 2.45) is 0 Å². The summed E-state index contributed by atoms with van der Waals surface area (Å²) < 4.78 is 2.44. The molecule has 0 atom stereocenters. The molecular weight excluding hydrogens is 1180 g/mol. The fraction of sp³-hybridized carbons (Fsp3) is 0.333. The Kier molecular flexibility index (Phi) is 20.5. The van der Waals surface area contributed by atoms with E-state index < -0.39 is 0 Å². The van der Waals surface area contributed by atoms with Crippen molar-refractivity contribution in [1.29, 1.82) is 0 Å². The molecule has 0 unspecified atom stereocenters. The molecule has 442 valence electrons. The molecule has 0 aliphatic heterocycles. The molecule has 9 rings (SSSR count). The molecule has 0 spiro atoms. The van der Waals surface area contributed by atoms with Crippen molar-refractivity contribution in [1.82, 2.24) is 29.9 Å². The predicted molar refractivity (Wildman–Crippen MR) is 371 cm³/mol. The van der Waals surface area contributed by atoms with E-state index in [1.165, 1.54) is 66.3 Å². The quantitative estimate of drug-likeness (QED) is 0.0708. The topological polar surface area (TPSA) is 77.3 Å². The molecule has 0 aliphatic carbocycles. The van der Waals surface area contributed by atoms with Crippen LogP contribution in [0.1, 0.15) is 179 Å². The summed E-state index contributed by atoms with van der Waals surface area (Å²) in [7, 11) is 0. The molecular formula is C78H86Br2N6. The lowest BCUT2D eigenvalue weighted by Crippen LogP contribution is -2.11. The van der Waals surface area contributed by atoms with Gasteiger partial charge < -0.3 is 0 Å². The number of allylic oxidation sites excluding steroid dienone is 2. The SMILES string of the molecule is CC(C)(C)c1ccc(-c2nc(-c3ccc(/C=C/CCCCCc4cc(Br)c(CCCCC/C=C/c5ccc(-c6nc(-c7ccc(C(C)(C)C)cc7)nc(-c7ccc(C(C)(C)C)cc7)n6)cc5)cc4Br)cc3)nc(-c3ccc(C(C)(C)C)cc3)n2)cc1. The molecule has 7 aromatic carbocycles. The number of hydrogen-bond donors (Lipinski definition) is 0. The van der Waals surface area contributed by atoms with Gasteiger partial charge in [0.05, 0.1) is 0 Å². The average molecular weight is 1270 g/mol. The molecule has 86 heavy (non-hydrogen) atoms. The van der Waals surface area contributed by atoms with Crippen molar-refractivity contribution in [2.75, 3.05) is 0 Å². The van der Waals surface area contributed by atoms with Crippen LogP contribution >= 0.6 is 31.9 Å². The maximum atomic E-state index is 5.02. The van der Waals surface area contributed by atoms with E-state index in [0.29, 0.717) is 34.9 Å². The summed E-state index contributed by atoms with van der Waals surface area (Å²) in [5, 5.41) is 0. The van der Waals surface area contributed by atoms with Gasteiger partial charge in [0.1, 0.15) is 0 Å². The second kappa shape index (κ2) is 27.8. The van der Waals surface area contributed by atoms with E-state index in [-0.39, 0.29) is 21.7 Å². The largest absolute Gasteiger partial charge is 0.208 e. The molecule has 2 aromatic heterocycles. The highest BCUT2D eigenvalue weighted by Gasteiger charge is 2.21. The van der Waals surface area contributed by atoms with Crippen molar-refractivity contribution in [3.8, 4) is 68.3 Å². The van der Waals surface area contributed by atoms with E-state index in [4.69, 9.17) is 29.9 Å². The first-order valence-electron chi connectivity index (χ1n) is 30.9. The smallest absolute Gasteiger partial charge is 0.164 e. The van der Waals surface area contributed by atoms with E-state index in [0.717, 1.165) is 84.7 Å². The van der Waals surface area contributed by atoms with Crippen LogP contribution in [0.5, 0.6) is 0 Å². The summed E-state index contributed by atoms with van der Waals surface area (Å²) in [5.74, 6) is 4.04. The fourth-order valence-electron chi connectivity index (χ4n) is 10.5. The van der Waals surface area contributed by atoms with Gasteiger partial charge in [-0.2, -0.15) is 0 Å². The van der Waals surface area contributed by atoms with E-state index in [2.05, 4.69) is 297 Å². The Morgan fingerprint density at radius 2 is 0.512 bits per heavy atom. The van der Waals surface area contributed by atoms with E-state index in [9.17, 15) is 0 Å².